The lowest BCUT2D eigenvalue weighted by Crippen LogP contribution is -2.49. The molecule has 1 heterocycles. The SMILES string of the molecule is CC(C)(C)[Si](C)(C)OCC1C2C3CCC(C3)C23CCCC3N1[B]C=O. The number of nitrogens with zero attached hydrogens (tertiary/aromatic N) is 1. The second kappa shape index (κ2) is 5.93. The molecule has 0 aromatic carbocycles. The van der Waals surface area contributed by atoms with E-state index in [1.54, 1.807) is 0 Å². The van der Waals surface area contributed by atoms with E-state index >= 15 is 0 Å². The number of carbonyl (C=O) groups is 1. The van der Waals surface area contributed by atoms with E-state index < -0.39 is 8.32 Å². The standard InChI is InChI=1S/C20H35BNO2Si/c1-19(2,3)25(4,5)24-12-16-18-14-8-9-15(11-14)20(18)10-6-7-17(20)22(16)21-13-23/h13-18H,6-12H2,1-5H3. The predicted octanol–water partition coefficient (Wildman–Crippen LogP) is 4.09. The van der Waals surface area contributed by atoms with Crippen molar-refractivity contribution in [3.8, 4) is 0 Å². The average molecular weight is 360 g/mol. The number of rotatable bonds is 5. The summed E-state index contributed by atoms with van der Waals surface area (Å²) < 4.78 is 6.69. The maximum absolute atomic E-state index is 11.4. The van der Waals surface area contributed by atoms with E-state index in [1.165, 1.54) is 38.5 Å². The van der Waals surface area contributed by atoms with Gasteiger partial charge in [-0.05, 0) is 73.4 Å². The fourth-order valence-corrected chi connectivity index (χ4v) is 7.96. The zero-order valence-electron chi connectivity index (χ0n) is 16.8. The molecule has 4 fully saturated rings. The summed E-state index contributed by atoms with van der Waals surface area (Å²) in [6, 6.07) is 1.03. The summed E-state index contributed by atoms with van der Waals surface area (Å²) in [5, 5.41) is 0.243. The minimum atomic E-state index is -1.76. The smallest absolute Gasteiger partial charge is 0.293 e. The Bertz CT molecular complexity index is 548. The van der Waals surface area contributed by atoms with Gasteiger partial charge in [-0.1, -0.05) is 27.2 Å². The van der Waals surface area contributed by atoms with Crippen LogP contribution in [0.15, 0.2) is 0 Å². The topological polar surface area (TPSA) is 29.5 Å². The summed E-state index contributed by atoms with van der Waals surface area (Å²) in [5.41, 5.74) is 0.504. The third-order valence-electron chi connectivity index (χ3n) is 8.88. The van der Waals surface area contributed by atoms with Gasteiger partial charge in [0, 0.05) is 18.7 Å². The predicted molar refractivity (Wildman–Crippen MR) is 106 cm³/mol. The molecule has 25 heavy (non-hydrogen) atoms. The van der Waals surface area contributed by atoms with Crippen molar-refractivity contribution in [1.29, 1.82) is 0 Å². The Morgan fingerprint density at radius 3 is 2.72 bits per heavy atom. The van der Waals surface area contributed by atoms with Gasteiger partial charge >= 0.3 is 0 Å². The van der Waals surface area contributed by atoms with Crippen LogP contribution in [0, 0.1) is 23.2 Å². The molecular weight excluding hydrogens is 325 g/mol. The molecule has 1 spiro atoms. The van der Waals surface area contributed by atoms with Crippen LogP contribution < -0.4 is 0 Å². The lowest BCUT2D eigenvalue weighted by molar-refractivity contribution is 0.0910. The molecule has 3 saturated carbocycles. The van der Waals surface area contributed by atoms with Gasteiger partial charge < -0.3 is 14.0 Å². The molecule has 0 amide bonds. The van der Waals surface area contributed by atoms with Crippen LogP contribution in [0.3, 0.4) is 0 Å². The Morgan fingerprint density at radius 2 is 2.04 bits per heavy atom. The van der Waals surface area contributed by atoms with Gasteiger partial charge in [-0.3, -0.25) is 0 Å². The number of hydrogen-bond acceptors (Lipinski definition) is 3. The van der Waals surface area contributed by atoms with Gasteiger partial charge in [0.1, 0.15) is 0 Å². The fourth-order valence-electron chi connectivity index (χ4n) is 6.94. The Labute approximate surface area is 155 Å². The van der Waals surface area contributed by atoms with Gasteiger partial charge in [0.05, 0.1) is 6.19 Å². The van der Waals surface area contributed by atoms with Crippen molar-refractivity contribution in [1.82, 2.24) is 4.81 Å². The van der Waals surface area contributed by atoms with E-state index in [0.717, 1.165) is 30.5 Å². The van der Waals surface area contributed by atoms with Crippen molar-refractivity contribution in [2.24, 2.45) is 23.2 Å². The maximum Gasteiger partial charge on any atom is 0.293 e. The minimum absolute atomic E-state index is 0.243. The first-order valence-corrected chi connectivity index (χ1v) is 13.3. The van der Waals surface area contributed by atoms with E-state index in [4.69, 9.17) is 4.43 Å². The average Bonchev–Trinajstić information content (AvgIpc) is 3.23. The van der Waals surface area contributed by atoms with Crippen LogP contribution in [0.1, 0.15) is 59.3 Å². The first kappa shape index (κ1) is 18.2. The van der Waals surface area contributed by atoms with Crippen LogP contribution in [-0.2, 0) is 9.22 Å². The zero-order chi connectivity index (χ0) is 18.0. The quantitative estimate of drug-likeness (QED) is 0.546. The van der Waals surface area contributed by atoms with E-state index in [1.807, 2.05) is 7.41 Å². The van der Waals surface area contributed by atoms with Crippen molar-refractivity contribution in [3.63, 3.8) is 0 Å². The molecule has 1 aliphatic heterocycles. The van der Waals surface area contributed by atoms with Crippen molar-refractivity contribution >= 4 is 21.9 Å². The molecule has 6 unspecified atom stereocenters. The molecular formula is C20H35BNO2Si. The molecule has 4 aliphatic rings. The Kier molecular flexibility index (Phi) is 4.33. The second-order valence-electron chi connectivity index (χ2n) is 10.7. The van der Waals surface area contributed by atoms with Gasteiger partial charge in [0.2, 0.25) is 0 Å². The summed E-state index contributed by atoms with van der Waals surface area (Å²) in [7, 11) is 0.113. The normalized spacial score (nSPS) is 43.3. The molecule has 1 radical (unpaired) electrons. The molecule has 4 rings (SSSR count). The summed E-state index contributed by atoms with van der Waals surface area (Å²) in [4.78, 5) is 13.9. The summed E-state index contributed by atoms with van der Waals surface area (Å²) in [6.45, 7) is 12.5. The highest BCUT2D eigenvalue weighted by Gasteiger charge is 2.70. The highest BCUT2D eigenvalue weighted by Crippen LogP contribution is 2.71. The van der Waals surface area contributed by atoms with Crippen LogP contribution in [0.25, 0.3) is 0 Å². The zero-order valence-corrected chi connectivity index (χ0v) is 17.8. The lowest BCUT2D eigenvalue weighted by atomic mass is 9.64. The van der Waals surface area contributed by atoms with Crippen molar-refractivity contribution in [2.45, 2.75) is 89.5 Å². The third kappa shape index (κ3) is 2.48. The van der Waals surface area contributed by atoms with Crippen LogP contribution >= 0.6 is 0 Å². The first-order chi connectivity index (χ1) is 11.7. The lowest BCUT2D eigenvalue weighted by Gasteiger charge is -2.41. The maximum atomic E-state index is 11.4. The number of fused-ring (bicyclic) bond motifs is 3. The van der Waals surface area contributed by atoms with Gasteiger partial charge in [0.25, 0.3) is 7.41 Å². The second-order valence-corrected chi connectivity index (χ2v) is 15.5. The number of carbonyl (C=O) groups excluding carboxylic acids is 1. The van der Waals surface area contributed by atoms with Gasteiger partial charge in [-0.25, -0.2) is 0 Å². The highest BCUT2D eigenvalue weighted by molar-refractivity contribution is 6.74. The van der Waals surface area contributed by atoms with Crippen molar-refractivity contribution < 1.29 is 9.22 Å². The minimum Gasteiger partial charge on any atom is -0.415 e. The Balaban J connectivity index is 1.61. The first-order valence-electron chi connectivity index (χ1n) is 10.4. The largest absolute Gasteiger partial charge is 0.415 e. The van der Waals surface area contributed by atoms with Crippen LogP contribution in [0.2, 0.25) is 18.1 Å². The van der Waals surface area contributed by atoms with Crippen molar-refractivity contribution in [2.75, 3.05) is 6.61 Å². The molecule has 3 aliphatic carbocycles. The van der Waals surface area contributed by atoms with Gasteiger partial charge in [-0.2, -0.15) is 0 Å². The Hall–Kier alpha value is -0.128. The molecule has 0 aromatic rings. The highest BCUT2D eigenvalue weighted by atomic mass is 28.4. The van der Waals surface area contributed by atoms with E-state index in [2.05, 4.69) is 38.7 Å². The Morgan fingerprint density at radius 1 is 1.28 bits per heavy atom. The van der Waals surface area contributed by atoms with Crippen LogP contribution in [-0.4, -0.2) is 45.4 Å². The molecule has 139 valence electrons. The van der Waals surface area contributed by atoms with Crippen LogP contribution in [0.5, 0.6) is 0 Å². The molecule has 6 atom stereocenters. The summed E-state index contributed by atoms with van der Waals surface area (Å²) in [5.74, 6) is 2.55. The molecule has 5 heteroatoms. The summed E-state index contributed by atoms with van der Waals surface area (Å²) >= 11 is 0. The van der Waals surface area contributed by atoms with Gasteiger partial charge in [0.15, 0.2) is 8.32 Å². The third-order valence-corrected chi connectivity index (χ3v) is 13.4. The monoisotopic (exact) mass is 360 g/mol. The van der Waals surface area contributed by atoms with Crippen LogP contribution in [0.4, 0.5) is 0 Å². The molecule has 0 N–H and O–H groups in total. The van der Waals surface area contributed by atoms with E-state index in [9.17, 15) is 4.79 Å². The van der Waals surface area contributed by atoms with Gasteiger partial charge in [-0.15, -0.1) is 0 Å². The molecule has 2 bridgehead atoms. The van der Waals surface area contributed by atoms with E-state index in [0.29, 0.717) is 17.5 Å². The molecule has 0 aromatic heterocycles. The molecule has 1 saturated heterocycles. The number of hydrogen-bond donors (Lipinski definition) is 0. The van der Waals surface area contributed by atoms with E-state index in [-0.39, 0.29) is 5.04 Å². The fraction of sp³-hybridized carbons (Fsp3) is 0.950. The molecule has 3 nitrogen and oxygen atoms in total. The summed E-state index contributed by atoms with van der Waals surface area (Å²) in [6.07, 6.45) is 9.34. The van der Waals surface area contributed by atoms with Crippen molar-refractivity contribution in [3.05, 3.63) is 0 Å².